The lowest BCUT2D eigenvalue weighted by Crippen LogP contribution is -2.52. The van der Waals surface area contributed by atoms with Crippen LogP contribution >= 0.6 is 0 Å². The summed E-state index contributed by atoms with van der Waals surface area (Å²) in [6.07, 6.45) is 2.73. The summed E-state index contributed by atoms with van der Waals surface area (Å²) in [6.45, 7) is 8.66. The number of nitrogens with one attached hydrogen (secondary N) is 4. The maximum Gasteiger partial charge on any atom is 0.314 e. The minimum atomic E-state index is -0.668. The Labute approximate surface area is 180 Å². The number of rotatable bonds is 7. The van der Waals surface area contributed by atoms with E-state index in [0.29, 0.717) is 6.54 Å². The van der Waals surface area contributed by atoms with Crippen molar-refractivity contribution in [3.63, 3.8) is 0 Å². The number of aliphatic hydroxyl groups excluding tert-OH is 1. The van der Waals surface area contributed by atoms with Crippen LogP contribution in [0.4, 0.5) is 4.79 Å². The second-order valence-corrected chi connectivity index (χ2v) is 9.38. The normalized spacial score (nSPS) is 22.8. The van der Waals surface area contributed by atoms with Gasteiger partial charge in [0.15, 0.2) is 0 Å². The Morgan fingerprint density at radius 1 is 1.20 bits per heavy atom. The summed E-state index contributed by atoms with van der Waals surface area (Å²) in [6, 6.07) is 8.65. The number of hydrogen-bond donors (Lipinski definition) is 5. The average Bonchev–Trinajstić information content (AvgIpc) is 2.71. The van der Waals surface area contributed by atoms with Crippen molar-refractivity contribution >= 4 is 11.9 Å². The molecule has 0 aromatic heterocycles. The van der Waals surface area contributed by atoms with E-state index in [1.54, 1.807) is 7.05 Å². The molecule has 0 aliphatic heterocycles. The molecule has 5 N–H and O–H groups in total. The van der Waals surface area contributed by atoms with E-state index in [2.05, 4.69) is 66.3 Å². The lowest BCUT2D eigenvalue weighted by atomic mass is 9.73. The van der Waals surface area contributed by atoms with Crippen molar-refractivity contribution in [1.82, 2.24) is 21.3 Å². The predicted molar refractivity (Wildman–Crippen MR) is 119 cm³/mol. The molecule has 7 nitrogen and oxygen atoms in total. The molecule has 0 bridgehead atoms. The van der Waals surface area contributed by atoms with Crippen LogP contribution in [0.25, 0.3) is 0 Å². The first-order valence-corrected chi connectivity index (χ1v) is 10.8. The Morgan fingerprint density at radius 3 is 2.43 bits per heavy atom. The third kappa shape index (κ3) is 6.71. The fraction of sp³-hybridized carbons (Fsp3) is 0.652. The second kappa shape index (κ2) is 10.3. The molecule has 1 saturated carbocycles. The van der Waals surface area contributed by atoms with Crippen LogP contribution in [0, 0.1) is 0 Å². The summed E-state index contributed by atoms with van der Waals surface area (Å²) in [5, 5.41) is 22.2. The predicted octanol–water partition coefficient (Wildman–Crippen LogP) is 2.14. The Balaban J connectivity index is 2.19. The topological polar surface area (TPSA) is 102 Å². The van der Waals surface area contributed by atoms with Gasteiger partial charge >= 0.3 is 6.03 Å². The summed E-state index contributed by atoms with van der Waals surface area (Å²) >= 11 is 0. The monoisotopic (exact) mass is 418 g/mol. The van der Waals surface area contributed by atoms with Crippen molar-refractivity contribution < 1.29 is 14.7 Å². The van der Waals surface area contributed by atoms with Crippen molar-refractivity contribution in [3.8, 4) is 0 Å². The van der Waals surface area contributed by atoms with Gasteiger partial charge in [-0.25, -0.2) is 4.79 Å². The zero-order valence-corrected chi connectivity index (χ0v) is 19.0. The summed E-state index contributed by atoms with van der Waals surface area (Å²) in [5.41, 5.74) is 2.24. The third-order valence-electron chi connectivity index (χ3n) is 5.95. The van der Waals surface area contributed by atoms with E-state index < -0.39 is 6.10 Å². The molecule has 168 valence electrons. The molecule has 7 heteroatoms. The van der Waals surface area contributed by atoms with E-state index in [9.17, 15) is 14.7 Å². The number of urea groups is 1. The second-order valence-electron chi connectivity index (χ2n) is 9.38. The summed E-state index contributed by atoms with van der Waals surface area (Å²) in [5.74, 6) is -0.151. The van der Waals surface area contributed by atoms with Gasteiger partial charge in [-0.15, -0.1) is 0 Å². The number of aliphatic hydroxyl groups is 1. The van der Waals surface area contributed by atoms with Crippen LogP contribution in [0.5, 0.6) is 0 Å². The van der Waals surface area contributed by atoms with Crippen LogP contribution < -0.4 is 21.3 Å². The standard InChI is InChI=1S/C23H38N4O3/c1-16(28)25-14-20(29)15-26-23(11-9-19(10-12-23)27-21(30)24-5)18-8-6-7-17(13-18)22(2,3)4/h6-8,13,19-20,26,29H,9-12,14-15H2,1-5H3,(H,25,28)(H2,24,27,30)/t19?,20-,23?/m0/s1. The molecule has 0 radical (unpaired) electrons. The summed E-state index contributed by atoms with van der Waals surface area (Å²) in [7, 11) is 1.62. The van der Waals surface area contributed by atoms with Gasteiger partial charge in [-0.05, 0) is 42.2 Å². The van der Waals surface area contributed by atoms with E-state index in [4.69, 9.17) is 0 Å². The minimum absolute atomic E-state index is 0.0418. The first kappa shape index (κ1) is 24.2. The molecular formula is C23H38N4O3. The van der Waals surface area contributed by atoms with Gasteiger partial charge in [-0.2, -0.15) is 0 Å². The molecular weight excluding hydrogens is 380 g/mol. The Hall–Kier alpha value is -2.12. The van der Waals surface area contributed by atoms with Gasteiger partial charge in [0.1, 0.15) is 0 Å². The van der Waals surface area contributed by atoms with Crippen LogP contribution in [0.3, 0.4) is 0 Å². The quantitative estimate of drug-likeness (QED) is 0.468. The lowest BCUT2D eigenvalue weighted by molar-refractivity contribution is -0.119. The maximum atomic E-state index is 11.7. The Kier molecular flexibility index (Phi) is 8.26. The van der Waals surface area contributed by atoms with Crippen LogP contribution in [-0.2, 0) is 15.7 Å². The highest BCUT2D eigenvalue weighted by atomic mass is 16.3. The molecule has 1 fully saturated rings. The largest absolute Gasteiger partial charge is 0.390 e. The Bertz CT molecular complexity index is 721. The molecule has 1 aromatic carbocycles. The van der Waals surface area contributed by atoms with Crippen molar-refractivity contribution in [2.75, 3.05) is 20.1 Å². The first-order chi connectivity index (χ1) is 14.1. The fourth-order valence-electron chi connectivity index (χ4n) is 4.01. The van der Waals surface area contributed by atoms with E-state index in [-0.39, 0.29) is 35.5 Å². The highest BCUT2D eigenvalue weighted by Crippen LogP contribution is 2.38. The molecule has 0 spiro atoms. The Morgan fingerprint density at radius 2 is 1.87 bits per heavy atom. The molecule has 1 aromatic rings. The van der Waals surface area contributed by atoms with Crippen LogP contribution in [0.1, 0.15) is 64.5 Å². The summed E-state index contributed by atoms with van der Waals surface area (Å²) < 4.78 is 0. The first-order valence-electron chi connectivity index (χ1n) is 10.8. The third-order valence-corrected chi connectivity index (χ3v) is 5.95. The van der Waals surface area contributed by atoms with Gasteiger partial charge in [0.05, 0.1) is 6.10 Å². The SMILES string of the molecule is CNC(=O)NC1CCC(NC[C@@H](O)CNC(C)=O)(c2cccc(C(C)(C)C)c2)CC1. The lowest BCUT2D eigenvalue weighted by Gasteiger charge is -2.42. The number of carbonyl (C=O) groups excluding carboxylic acids is 2. The van der Waals surface area contributed by atoms with E-state index >= 15 is 0 Å². The van der Waals surface area contributed by atoms with E-state index in [0.717, 1.165) is 25.7 Å². The van der Waals surface area contributed by atoms with Crippen LogP contribution in [0.15, 0.2) is 24.3 Å². The number of hydrogen-bond acceptors (Lipinski definition) is 4. The zero-order valence-electron chi connectivity index (χ0n) is 19.0. The summed E-state index contributed by atoms with van der Waals surface area (Å²) in [4.78, 5) is 22.8. The molecule has 1 aliphatic rings. The average molecular weight is 419 g/mol. The zero-order chi connectivity index (χ0) is 22.4. The molecule has 1 atom stereocenters. The molecule has 0 saturated heterocycles. The molecule has 1 aliphatic carbocycles. The van der Waals surface area contributed by atoms with Crippen LogP contribution in [0.2, 0.25) is 0 Å². The number of carbonyl (C=O) groups is 2. The van der Waals surface area contributed by atoms with Gasteiger partial charge in [-0.1, -0.05) is 45.0 Å². The van der Waals surface area contributed by atoms with Gasteiger partial charge in [-0.3, -0.25) is 4.79 Å². The molecule has 3 amide bonds. The van der Waals surface area contributed by atoms with E-state index in [1.807, 2.05) is 0 Å². The highest BCUT2D eigenvalue weighted by Gasteiger charge is 2.37. The van der Waals surface area contributed by atoms with Crippen molar-refractivity contribution in [2.24, 2.45) is 0 Å². The number of benzene rings is 1. The van der Waals surface area contributed by atoms with Crippen molar-refractivity contribution in [1.29, 1.82) is 0 Å². The molecule has 0 heterocycles. The van der Waals surface area contributed by atoms with Gasteiger partial charge in [0.25, 0.3) is 0 Å². The van der Waals surface area contributed by atoms with Gasteiger partial charge < -0.3 is 26.4 Å². The minimum Gasteiger partial charge on any atom is -0.390 e. The smallest absolute Gasteiger partial charge is 0.314 e. The van der Waals surface area contributed by atoms with Gasteiger partial charge in [0.2, 0.25) is 5.91 Å². The molecule has 0 unspecified atom stereocenters. The van der Waals surface area contributed by atoms with Crippen molar-refractivity contribution in [2.45, 2.75) is 76.5 Å². The molecule has 30 heavy (non-hydrogen) atoms. The fourth-order valence-corrected chi connectivity index (χ4v) is 4.01. The highest BCUT2D eigenvalue weighted by molar-refractivity contribution is 5.73. The van der Waals surface area contributed by atoms with Crippen LogP contribution in [-0.4, -0.2) is 49.3 Å². The van der Waals surface area contributed by atoms with Gasteiger partial charge in [0, 0.05) is 38.6 Å². The molecule has 2 rings (SSSR count). The van der Waals surface area contributed by atoms with Crippen molar-refractivity contribution in [3.05, 3.63) is 35.4 Å². The maximum absolute atomic E-state index is 11.7. The number of amides is 3. The van der Waals surface area contributed by atoms with E-state index in [1.165, 1.54) is 18.1 Å².